The monoisotopic (exact) mass is 119 g/mol. The first kappa shape index (κ1) is 5.45. The Morgan fingerprint density at radius 1 is 1.29 bits per heavy atom. The number of rotatable bonds is 0. The Labute approximate surface area is 45.7 Å². The van der Waals surface area contributed by atoms with Crippen LogP contribution in [0.2, 0.25) is 0 Å². The fourth-order valence-electron chi connectivity index (χ4n) is 0.543. The van der Waals surface area contributed by atoms with Gasteiger partial charge in [-0.25, -0.2) is 0 Å². The van der Waals surface area contributed by atoms with E-state index in [-0.39, 0.29) is 0 Å². The molecule has 7 heavy (non-hydrogen) atoms. The van der Waals surface area contributed by atoms with E-state index in [1.54, 1.807) is 0 Å². The summed E-state index contributed by atoms with van der Waals surface area (Å²) in [7, 11) is 2.61. The van der Waals surface area contributed by atoms with Crippen molar-refractivity contribution in [3.8, 4) is 0 Å². The van der Waals surface area contributed by atoms with Crippen LogP contribution >= 0.6 is 9.39 Å². The molecule has 1 fully saturated rings. The zero-order valence-electron chi connectivity index (χ0n) is 4.15. The van der Waals surface area contributed by atoms with Gasteiger partial charge in [0.15, 0.2) is 0 Å². The largest absolute Gasteiger partial charge is 0.291 e. The molecule has 0 aromatic carbocycles. The van der Waals surface area contributed by atoms with Crippen molar-refractivity contribution in [1.82, 2.24) is 15.3 Å². The molecule has 1 rings (SSSR count). The van der Waals surface area contributed by atoms with Crippen LogP contribution in [0.1, 0.15) is 0 Å². The van der Waals surface area contributed by atoms with Crippen LogP contribution in [0, 0.1) is 0 Å². The van der Waals surface area contributed by atoms with Crippen LogP contribution in [-0.2, 0) is 0 Å². The zero-order chi connectivity index (χ0) is 5.11. The summed E-state index contributed by atoms with van der Waals surface area (Å²) >= 11 is 0. The van der Waals surface area contributed by atoms with Crippen molar-refractivity contribution >= 4 is 9.39 Å². The maximum atomic E-state index is 3.13. The van der Waals surface area contributed by atoms with Crippen molar-refractivity contribution in [1.29, 1.82) is 0 Å². The van der Waals surface area contributed by atoms with Gasteiger partial charge in [-0.05, 0) is 0 Å². The normalized spacial score (nSPS) is 25.3. The molecule has 1 aliphatic rings. The smallest absolute Gasteiger partial charge is 0.0535 e. The summed E-state index contributed by atoms with van der Waals surface area (Å²) in [6.07, 6.45) is 0. The number of nitrogens with zero attached hydrogens (tertiary/aromatic N) is 1. The highest BCUT2D eigenvalue weighted by molar-refractivity contribution is 7.13. The summed E-state index contributed by atoms with van der Waals surface area (Å²) in [5, 5.41) is 6.26. The van der Waals surface area contributed by atoms with Crippen molar-refractivity contribution in [3.05, 3.63) is 0 Å². The molecule has 0 aromatic rings. The van der Waals surface area contributed by atoms with Crippen molar-refractivity contribution < 1.29 is 0 Å². The van der Waals surface area contributed by atoms with Crippen molar-refractivity contribution in [2.45, 2.75) is 0 Å². The highest BCUT2D eigenvalue weighted by Crippen LogP contribution is 1.93. The van der Waals surface area contributed by atoms with Crippen molar-refractivity contribution in [2.24, 2.45) is 0 Å². The van der Waals surface area contributed by atoms with E-state index < -0.39 is 0 Å². The minimum atomic E-state index is 0.935. The summed E-state index contributed by atoms with van der Waals surface area (Å²) in [6, 6.07) is 0. The van der Waals surface area contributed by atoms with E-state index in [1.165, 1.54) is 0 Å². The lowest BCUT2D eigenvalue weighted by molar-refractivity contribution is 0.321. The second-order valence-corrected chi connectivity index (χ2v) is 2.31. The van der Waals surface area contributed by atoms with Crippen molar-refractivity contribution in [2.75, 3.05) is 20.0 Å². The van der Waals surface area contributed by atoms with Gasteiger partial charge in [-0.15, -0.1) is 0 Å². The van der Waals surface area contributed by atoms with Crippen LogP contribution in [0.15, 0.2) is 0 Å². The van der Waals surface area contributed by atoms with Crippen LogP contribution in [0.5, 0.6) is 0 Å². The molecule has 0 radical (unpaired) electrons. The summed E-state index contributed by atoms with van der Waals surface area (Å²) in [5.74, 6) is 0. The lowest BCUT2D eigenvalue weighted by Crippen LogP contribution is -2.46. The predicted octanol–water partition coefficient (Wildman–Crippen LogP) is -0.856. The van der Waals surface area contributed by atoms with Gasteiger partial charge in [0.2, 0.25) is 0 Å². The average Bonchev–Trinajstić information content (AvgIpc) is 1.69. The first-order valence-electron chi connectivity index (χ1n) is 2.30. The molecule has 1 unspecified atom stereocenters. The Hall–Kier alpha value is 0.310. The fraction of sp³-hybridized carbons (Fsp3) is 1.00. The van der Waals surface area contributed by atoms with E-state index in [9.17, 15) is 0 Å². The van der Waals surface area contributed by atoms with Gasteiger partial charge in [0, 0.05) is 6.67 Å². The van der Waals surface area contributed by atoms with Crippen LogP contribution in [0.3, 0.4) is 0 Å². The Morgan fingerprint density at radius 3 is 2.14 bits per heavy atom. The summed E-state index contributed by atoms with van der Waals surface area (Å²) in [6.45, 7) is 2.88. The second kappa shape index (κ2) is 2.58. The van der Waals surface area contributed by atoms with E-state index in [0.29, 0.717) is 0 Å². The molecule has 1 heterocycles. The maximum Gasteiger partial charge on any atom is 0.0535 e. The molecule has 2 N–H and O–H groups in total. The van der Waals surface area contributed by atoms with Crippen LogP contribution < -0.4 is 10.6 Å². The molecule has 0 amide bonds. The first-order valence-corrected chi connectivity index (χ1v) is 2.82. The van der Waals surface area contributed by atoms with Gasteiger partial charge in [0.25, 0.3) is 0 Å². The highest BCUT2D eigenvalue weighted by Gasteiger charge is 1.99. The Bertz CT molecular complexity index is 52.1. The molecule has 0 bridgehead atoms. The van der Waals surface area contributed by atoms with Crippen LogP contribution in [0.4, 0.5) is 0 Å². The molecule has 0 aliphatic carbocycles. The number of hydrogen-bond acceptors (Lipinski definition) is 3. The summed E-state index contributed by atoms with van der Waals surface area (Å²) in [4.78, 5) is 0. The molecule has 0 aromatic heterocycles. The Kier molecular flexibility index (Phi) is 2.00. The van der Waals surface area contributed by atoms with Gasteiger partial charge < -0.3 is 0 Å². The molecule has 1 atom stereocenters. The van der Waals surface area contributed by atoms with Gasteiger partial charge in [0.1, 0.15) is 0 Å². The lowest BCUT2D eigenvalue weighted by atomic mass is 10.8. The highest BCUT2D eigenvalue weighted by atomic mass is 31.0. The third kappa shape index (κ3) is 1.70. The average molecular weight is 119 g/mol. The Morgan fingerprint density at radius 2 is 1.86 bits per heavy atom. The third-order valence-corrected chi connectivity index (χ3v) is 1.24. The number of nitrogens with one attached hydrogen (secondary N) is 2. The zero-order valence-corrected chi connectivity index (χ0v) is 5.30. The first-order chi connectivity index (χ1) is 3.39. The maximum absolute atomic E-state index is 3.13. The van der Waals surface area contributed by atoms with Gasteiger partial charge in [-0.3, -0.25) is 15.3 Å². The van der Waals surface area contributed by atoms with E-state index in [1.807, 2.05) is 0 Å². The lowest BCUT2D eigenvalue weighted by Gasteiger charge is -2.22. The van der Waals surface area contributed by atoms with Gasteiger partial charge >= 0.3 is 0 Å². The second-order valence-electron chi connectivity index (χ2n) is 1.58. The SMILES string of the molecule is PN1CNCNC1. The molecular weight excluding hydrogens is 109 g/mol. The van der Waals surface area contributed by atoms with E-state index in [4.69, 9.17) is 0 Å². The summed E-state index contributed by atoms with van der Waals surface area (Å²) < 4.78 is 2.09. The van der Waals surface area contributed by atoms with Crippen LogP contribution in [0.25, 0.3) is 0 Å². The van der Waals surface area contributed by atoms with E-state index in [2.05, 4.69) is 24.7 Å². The van der Waals surface area contributed by atoms with Gasteiger partial charge in [0.05, 0.1) is 13.3 Å². The van der Waals surface area contributed by atoms with Crippen molar-refractivity contribution in [3.63, 3.8) is 0 Å². The molecule has 0 spiro atoms. The molecule has 3 nitrogen and oxygen atoms in total. The van der Waals surface area contributed by atoms with Gasteiger partial charge in [-0.1, -0.05) is 9.39 Å². The predicted molar refractivity (Wildman–Crippen MR) is 32.4 cm³/mol. The molecule has 1 aliphatic heterocycles. The minimum Gasteiger partial charge on any atom is -0.291 e. The quantitative estimate of drug-likeness (QED) is 0.406. The standard InChI is InChI=1S/C3H10N3P/c7-6-2-4-1-5-3-6/h4-5H,1-3,7H2. The minimum absolute atomic E-state index is 0.935. The van der Waals surface area contributed by atoms with Crippen LogP contribution in [-0.4, -0.2) is 24.7 Å². The fourth-order valence-corrected chi connectivity index (χ4v) is 0.802. The molecular formula is C3H10N3P. The van der Waals surface area contributed by atoms with E-state index in [0.717, 1.165) is 20.0 Å². The van der Waals surface area contributed by atoms with Gasteiger partial charge in [-0.2, -0.15) is 0 Å². The molecule has 42 valence electrons. The Balaban J connectivity index is 2.12. The number of hydrogen-bond donors (Lipinski definition) is 2. The molecule has 4 heteroatoms. The third-order valence-electron chi connectivity index (χ3n) is 0.880. The van der Waals surface area contributed by atoms with E-state index >= 15 is 0 Å². The molecule has 0 saturated carbocycles. The molecule has 1 saturated heterocycles. The summed E-state index contributed by atoms with van der Waals surface area (Å²) in [5.41, 5.74) is 0. The topological polar surface area (TPSA) is 27.3 Å².